The van der Waals surface area contributed by atoms with E-state index in [4.69, 9.17) is 18.5 Å². The van der Waals surface area contributed by atoms with Crippen LogP contribution in [0.25, 0.3) is 17.0 Å². The first-order valence-corrected chi connectivity index (χ1v) is 13.8. The molecule has 222 valence electrons. The highest BCUT2D eigenvalue weighted by Gasteiger charge is 2.39. The molecule has 0 amide bonds. The minimum Gasteiger partial charge on any atom is -0.465 e. The van der Waals surface area contributed by atoms with Crippen LogP contribution in [0.5, 0.6) is 0 Å². The lowest BCUT2D eigenvalue weighted by molar-refractivity contribution is -0.334. The van der Waals surface area contributed by atoms with Gasteiger partial charge in [0, 0.05) is 35.7 Å². The Balaban J connectivity index is 1.08. The fourth-order valence-electron chi connectivity index (χ4n) is 5.22. The predicted molar refractivity (Wildman–Crippen MR) is 142 cm³/mol. The van der Waals surface area contributed by atoms with E-state index in [1.54, 1.807) is 42.5 Å². The van der Waals surface area contributed by atoms with E-state index in [2.05, 4.69) is 20.0 Å². The van der Waals surface area contributed by atoms with Crippen LogP contribution in [0.2, 0.25) is 0 Å². The molecule has 2 aromatic heterocycles. The van der Waals surface area contributed by atoms with Crippen molar-refractivity contribution in [2.24, 2.45) is 0 Å². The van der Waals surface area contributed by atoms with Gasteiger partial charge < -0.3 is 23.4 Å². The minimum atomic E-state index is -4.77. The van der Waals surface area contributed by atoms with Crippen molar-refractivity contribution < 1.29 is 41.2 Å². The van der Waals surface area contributed by atoms with Gasteiger partial charge in [0.05, 0.1) is 31.5 Å². The van der Waals surface area contributed by atoms with Crippen molar-refractivity contribution in [3.8, 4) is 11.5 Å². The molecule has 0 bridgehead atoms. The molecule has 2 fully saturated rings. The molecular formula is C29H29F3N4O6. The number of halogens is 3. The molecule has 2 aliphatic carbocycles. The Morgan fingerprint density at radius 2 is 1.83 bits per heavy atom. The van der Waals surface area contributed by atoms with Crippen molar-refractivity contribution in [1.82, 2.24) is 15.3 Å². The summed E-state index contributed by atoms with van der Waals surface area (Å²) in [5.41, 5.74) is 2.51. The number of carbonyl (C=O) groups excluding carboxylic acids is 1. The molecule has 42 heavy (non-hydrogen) atoms. The lowest BCUT2D eigenvalue weighted by atomic mass is 9.95. The molecule has 1 aliphatic heterocycles. The van der Waals surface area contributed by atoms with Crippen molar-refractivity contribution in [2.45, 2.75) is 63.2 Å². The van der Waals surface area contributed by atoms with Crippen molar-refractivity contribution >= 4 is 17.5 Å². The van der Waals surface area contributed by atoms with Gasteiger partial charge in [-0.05, 0) is 61.5 Å². The van der Waals surface area contributed by atoms with E-state index in [0.29, 0.717) is 71.5 Å². The smallest absolute Gasteiger partial charge is 0.465 e. The van der Waals surface area contributed by atoms with Gasteiger partial charge in [-0.3, -0.25) is 4.74 Å². The molecule has 3 aliphatic rings. The molecule has 3 aromatic rings. The highest BCUT2D eigenvalue weighted by Crippen LogP contribution is 2.45. The number of piperidine rings is 1. The van der Waals surface area contributed by atoms with Gasteiger partial charge in [0.2, 0.25) is 0 Å². The van der Waals surface area contributed by atoms with Gasteiger partial charge in [0.1, 0.15) is 11.5 Å². The van der Waals surface area contributed by atoms with E-state index in [9.17, 15) is 18.0 Å². The second-order valence-electron chi connectivity index (χ2n) is 10.5. The Morgan fingerprint density at radius 1 is 1.07 bits per heavy atom. The summed E-state index contributed by atoms with van der Waals surface area (Å²) < 4.78 is 65.7. The Labute approximate surface area is 239 Å². The van der Waals surface area contributed by atoms with Gasteiger partial charge in [-0.2, -0.15) is 4.98 Å². The second kappa shape index (κ2) is 11.7. The third-order valence-corrected chi connectivity index (χ3v) is 7.58. The summed E-state index contributed by atoms with van der Waals surface area (Å²) >= 11 is 0. The summed E-state index contributed by atoms with van der Waals surface area (Å²) in [5.74, 6) is 1.27. The number of aromatic nitrogens is 3. The fourth-order valence-corrected chi connectivity index (χ4v) is 5.22. The van der Waals surface area contributed by atoms with Crippen molar-refractivity contribution in [3.63, 3.8) is 0 Å². The first kappa shape index (κ1) is 28.2. The SMILES string of the molecule is COC(=O)c1ccc(-c2nc(N3CCC(OCc4c(C5=CC=CCC5OC(F)(F)F)noc4C4CC4)CC3)no2)cc1. The molecule has 0 N–H and O–H groups in total. The number of rotatable bonds is 9. The van der Waals surface area contributed by atoms with E-state index in [-0.39, 0.29) is 25.0 Å². The number of carbonyl (C=O) groups is 1. The van der Waals surface area contributed by atoms with Gasteiger partial charge in [-0.15, -0.1) is 13.2 Å². The van der Waals surface area contributed by atoms with Crippen molar-refractivity contribution in [2.75, 3.05) is 25.1 Å². The number of allylic oxidation sites excluding steroid dienone is 2. The number of benzene rings is 1. The zero-order chi connectivity index (χ0) is 29.3. The summed E-state index contributed by atoms with van der Waals surface area (Å²) in [5, 5.41) is 8.30. The third-order valence-electron chi connectivity index (χ3n) is 7.58. The molecule has 1 aromatic carbocycles. The van der Waals surface area contributed by atoms with Crippen LogP contribution >= 0.6 is 0 Å². The number of hydrogen-bond donors (Lipinski definition) is 0. The van der Waals surface area contributed by atoms with Crippen LogP contribution in [0.3, 0.4) is 0 Å². The van der Waals surface area contributed by atoms with Gasteiger partial charge in [0.15, 0.2) is 0 Å². The van der Waals surface area contributed by atoms with Gasteiger partial charge in [-0.25, -0.2) is 4.79 Å². The molecule has 1 unspecified atom stereocenters. The second-order valence-corrected chi connectivity index (χ2v) is 10.5. The van der Waals surface area contributed by atoms with Crippen molar-refractivity contribution in [1.29, 1.82) is 0 Å². The molecule has 1 saturated heterocycles. The van der Waals surface area contributed by atoms with Crippen LogP contribution in [0, 0.1) is 0 Å². The van der Waals surface area contributed by atoms with E-state index < -0.39 is 18.4 Å². The molecule has 1 atom stereocenters. The molecule has 3 heterocycles. The number of methoxy groups -OCH3 is 1. The molecule has 0 spiro atoms. The van der Waals surface area contributed by atoms with Gasteiger partial charge in [0.25, 0.3) is 11.8 Å². The van der Waals surface area contributed by atoms with E-state index >= 15 is 0 Å². The number of anilines is 1. The lowest BCUT2D eigenvalue weighted by Gasteiger charge is -2.31. The number of ether oxygens (including phenoxy) is 3. The van der Waals surface area contributed by atoms with Crippen molar-refractivity contribution in [3.05, 3.63) is 65.1 Å². The fraction of sp³-hybridized carbons (Fsp3) is 0.448. The molecule has 13 heteroatoms. The normalized spacial score (nSPS) is 19.7. The van der Waals surface area contributed by atoms with Gasteiger partial charge >= 0.3 is 12.3 Å². The standard InChI is InChI=1S/C29H29F3N4O6/c1-38-27(37)19-10-8-18(9-11-19)26-33-28(35-42-26)36-14-12-20(13-15-36)39-16-22-24(34-41-25(22)17-6-7-17)21-4-2-3-5-23(21)40-29(30,31)32/h2-4,8-11,17,20,23H,5-7,12-16H2,1H3. The number of alkyl halides is 3. The number of hydrogen-bond acceptors (Lipinski definition) is 10. The van der Waals surface area contributed by atoms with E-state index in [0.717, 1.165) is 12.8 Å². The molecule has 10 nitrogen and oxygen atoms in total. The summed E-state index contributed by atoms with van der Waals surface area (Å²) in [7, 11) is 1.32. The average molecular weight is 587 g/mol. The van der Waals surface area contributed by atoms with Crippen LogP contribution in [0.4, 0.5) is 19.1 Å². The monoisotopic (exact) mass is 586 g/mol. The van der Waals surface area contributed by atoms with Crippen LogP contribution in [-0.2, 0) is 20.8 Å². The highest BCUT2D eigenvalue weighted by atomic mass is 19.4. The van der Waals surface area contributed by atoms with E-state index in [1.807, 2.05) is 4.90 Å². The lowest BCUT2D eigenvalue weighted by Crippen LogP contribution is -2.37. The van der Waals surface area contributed by atoms with E-state index in [1.165, 1.54) is 7.11 Å². The summed E-state index contributed by atoms with van der Waals surface area (Å²) in [6, 6.07) is 6.70. The number of esters is 1. The average Bonchev–Trinajstić information content (AvgIpc) is 3.56. The highest BCUT2D eigenvalue weighted by molar-refractivity contribution is 5.89. The topological polar surface area (TPSA) is 113 Å². The molecular weight excluding hydrogens is 557 g/mol. The Hall–Kier alpha value is -3.97. The molecule has 6 rings (SSSR count). The Kier molecular flexibility index (Phi) is 7.86. The van der Waals surface area contributed by atoms with Crippen LogP contribution in [-0.4, -0.2) is 60.0 Å². The predicted octanol–water partition coefficient (Wildman–Crippen LogP) is 5.82. The van der Waals surface area contributed by atoms with Crippen LogP contribution in [0.1, 0.15) is 65.4 Å². The maximum atomic E-state index is 13.1. The maximum Gasteiger partial charge on any atom is 0.523 e. The van der Waals surface area contributed by atoms with Crippen LogP contribution in [0.15, 0.2) is 51.5 Å². The third kappa shape index (κ3) is 6.26. The summed E-state index contributed by atoms with van der Waals surface area (Å²) in [4.78, 5) is 18.2. The Bertz CT molecular complexity index is 1470. The summed E-state index contributed by atoms with van der Waals surface area (Å²) in [6.45, 7) is 1.45. The quantitative estimate of drug-likeness (QED) is 0.284. The minimum absolute atomic E-state index is 0.0734. The zero-order valence-corrected chi connectivity index (χ0v) is 22.8. The first-order chi connectivity index (χ1) is 20.3. The summed E-state index contributed by atoms with van der Waals surface area (Å²) in [6.07, 6.45) is 2.29. The Morgan fingerprint density at radius 3 is 2.52 bits per heavy atom. The van der Waals surface area contributed by atoms with Crippen LogP contribution < -0.4 is 4.90 Å². The number of nitrogens with zero attached hydrogens (tertiary/aromatic N) is 4. The zero-order valence-electron chi connectivity index (χ0n) is 22.8. The van der Waals surface area contributed by atoms with Gasteiger partial charge in [-0.1, -0.05) is 23.4 Å². The first-order valence-electron chi connectivity index (χ1n) is 13.8. The largest absolute Gasteiger partial charge is 0.523 e. The molecule has 1 saturated carbocycles. The maximum absolute atomic E-state index is 13.1. The molecule has 0 radical (unpaired) electrons.